The maximum Gasteiger partial charge on any atom is 0.257 e. The van der Waals surface area contributed by atoms with Gasteiger partial charge in [-0.15, -0.1) is 0 Å². The van der Waals surface area contributed by atoms with Crippen molar-refractivity contribution in [1.82, 2.24) is 9.55 Å². The normalized spacial score (nSPS) is 10.6. The molecule has 0 spiro atoms. The summed E-state index contributed by atoms with van der Waals surface area (Å²) in [4.78, 5) is 14.1. The molecule has 0 amide bonds. The summed E-state index contributed by atoms with van der Waals surface area (Å²) in [6, 6.07) is 9.47. The van der Waals surface area contributed by atoms with Crippen molar-refractivity contribution < 1.29 is 14.2 Å². The predicted octanol–water partition coefficient (Wildman–Crippen LogP) is 4.67. The van der Waals surface area contributed by atoms with Crippen LogP contribution in [0.4, 0.5) is 4.39 Å². The van der Waals surface area contributed by atoms with Crippen molar-refractivity contribution in [3.05, 3.63) is 83.7 Å². The van der Waals surface area contributed by atoms with E-state index in [1.807, 2.05) is 6.07 Å². The predicted molar refractivity (Wildman–Crippen MR) is 111 cm³/mol. The quantitative estimate of drug-likeness (QED) is 0.501. The first-order valence-electron chi connectivity index (χ1n) is 8.11. The van der Waals surface area contributed by atoms with E-state index in [4.69, 9.17) is 33.8 Å². The van der Waals surface area contributed by atoms with Gasteiger partial charge in [0, 0.05) is 16.8 Å². The molecule has 3 aromatic rings. The first-order valence-corrected chi connectivity index (χ1v) is 9.69. The highest BCUT2D eigenvalue weighted by Gasteiger charge is 2.16. The number of hydrogen-bond donors (Lipinski definition) is 2. The Morgan fingerprint density at radius 3 is 2.79 bits per heavy atom. The van der Waals surface area contributed by atoms with E-state index in [0.29, 0.717) is 4.47 Å². The zero-order chi connectivity index (χ0) is 21.1. The van der Waals surface area contributed by atoms with Crippen LogP contribution in [0.2, 0.25) is 5.02 Å². The van der Waals surface area contributed by atoms with Crippen molar-refractivity contribution >= 4 is 39.7 Å². The van der Waals surface area contributed by atoms with Gasteiger partial charge in [0.1, 0.15) is 5.75 Å². The van der Waals surface area contributed by atoms with Gasteiger partial charge in [0.2, 0.25) is 0 Å². The smallest absolute Gasteiger partial charge is 0.257 e. The number of aliphatic hydroxyl groups excluding tert-OH is 1. The molecule has 0 bridgehead atoms. The van der Waals surface area contributed by atoms with Crippen LogP contribution in [0.5, 0.6) is 11.5 Å². The number of nitrogens with one attached hydrogen (secondary N) is 1. The fourth-order valence-corrected chi connectivity index (χ4v) is 3.38. The average Bonchev–Trinajstić information content (AvgIpc) is 2.68. The summed E-state index contributed by atoms with van der Waals surface area (Å²) in [6.45, 7) is -0.477. The van der Waals surface area contributed by atoms with Crippen molar-refractivity contribution in [2.45, 2.75) is 13.2 Å². The number of aliphatic hydroxyl groups is 1. The second kappa shape index (κ2) is 8.88. The summed E-state index contributed by atoms with van der Waals surface area (Å²) >= 11 is 14.3. The van der Waals surface area contributed by atoms with E-state index >= 15 is 4.39 Å². The Morgan fingerprint density at radius 1 is 1.34 bits per heavy atom. The van der Waals surface area contributed by atoms with Gasteiger partial charge in [-0.05, 0) is 52.4 Å². The number of H-pyrrole nitrogens is 1. The van der Waals surface area contributed by atoms with Crippen LogP contribution < -0.4 is 10.3 Å². The van der Waals surface area contributed by atoms with Crippen molar-refractivity contribution in [2.24, 2.45) is 0 Å². The van der Waals surface area contributed by atoms with Gasteiger partial charge >= 0.3 is 0 Å². The number of rotatable bonds is 5. The van der Waals surface area contributed by atoms with E-state index in [1.54, 1.807) is 6.07 Å². The number of aromatic nitrogens is 2. The Balaban J connectivity index is 2.00. The molecule has 0 saturated carbocycles. The van der Waals surface area contributed by atoms with Crippen LogP contribution in [-0.4, -0.2) is 14.7 Å². The number of ether oxygens (including phenoxy) is 1. The number of benzene rings is 2. The number of aromatic amines is 1. The molecule has 0 fully saturated rings. The van der Waals surface area contributed by atoms with Gasteiger partial charge in [-0.2, -0.15) is 5.26 Å². The molecule has 1 aromatic heterocycles. The largest absolute Gasteiger partial charge is 0.453 e. The third kappa shape index (κ3) is 4.74. The van der Waals surface area contributed by atoms with E-state index in [9.17, 15) is 9.90 Å². The molecule has 2 aromatic carbocycles. The molecule has 1 heterocycles. The van der Waals surface area contributed by atoms with E-state index in [1.165, 1.54) is 35.0 Å². The number of nitriles is 1. The monoisotopic (exact) mass is 495 g/mol. The molecule has 0 saturated heterocycles. The first-order chi connectivity index (χ1) is 13.8. The van der Waals surface area contributed by atoms with Gasteiger partial charge in [0.05, 0.1) is 34.8 Å². The Hall–Kier alpha value is -2.51. The van der Waals surface area contributed by atoms with Crippen molar-refractivity contribution in [3.63, 3.8) is 0 Å². The van der Waals surface area contributed by atoms with Crippen LogP contribution in [0, 0.1) is 21.9 Å². The van der Waals surface area contributed by atoms with Crippen molar-refractivity contribution in [1.29, 1.82) is 5.26 Å². The van der Waals surface area contributed by atoms with E-state index in [-0.39, 0.29) is 44.5 Å². The summed E-state index contributed by atoms with van der Waals surface area (Å²) in [7, 11) is 0. The fraction of sp³-hybridized carbons (Fsp3) is 0.105. The van der Waals surface area contributed by atoms with Crippen LogP contribution >= 0.6 is 39.7 Å². The molecule has 0 aliphatic rings. The summed E-state index contributed by atoms with van der Waals surface area (Å²) in [5.74, 6) is -0.544. The Bertz CT molecular complexity index is 1250. The van der Waals surface area contributed by atoms with Gasteiger partial charge < -0.3 is 14.4 Å². The third-order valence-corrected chi connectivity index (χ3v) is 5.12. The van der Waals surface area contributed by atoms with Crippen LogP contribution in [-0.2, 0) is 13.2 Å². The van der Waals surface area contributed by atoms with E-state index in [0.717, 1.165) is 0 Å². The van der Waals surface area contributed by atoms with Gasteiger partial charge in [0.25, 0.3) is 5.56 Å². The summed E-state index contributed by atoms with van der Waals surface area (Å²) < 4.78 is 22.7. The topological polar surface area (TPSA) is 91.0 Å². The number of nitrogens with zero attached hydrogens (tertiary/aromatic N) is 2. The maximum absolute atomic E-state index is 15.2. The minimum absolute atomic E-state index is 0.00290. The van der Waals surface area contributed by atoms with Crippen LogP contribution in [0.1, 0.15) is 16.7 Å². The zero-order valence-electron chi connectivity index (χ0n) is 14.6. The second-order valence-corrected chi connectivity index (χ2v) is 7.62. The lowest BCUT2D eigenvalue weighted by atomic mass is 10.2. The molecular weight excluding hydrogens is 485 g/mol. The highest BCUT2D eigenvalue weighted by atomic mass is 79.9. The van der Waals surface area contributed by atoms with Crippen LogP contribution in [0.15, 0.2) is 45.8 Å². The molecule has 0 aliphatic heterocycles. The summed E-state index contributed by atoms with van der Waals surface area (Å²) in [5.41, 5.74) is 0.118. The van der Waals surface area contributed by atoms with Gasteiger partial charge in [-0.25, -0.2) is 4.39 Å². The molecule has 2 N–H and O–H groups in total. The lowest BCUT2D eigenvalue weighted by Crippen LogP contribution is -2.18. The molecule has 10 heteroatoms. The maximum atomic E-state index is 15.2. The third-order valence-electron chi connectivity index (χ3n) is 3.95. The Morgan fingerprint density at radius 2 is 2.10 bits per heavy atom. The average molecular weight is 497 g/mol. The Kier molecular flexibility index (Phi) is 6.49. The minimum Gasteiger partial charge on any atom is -0.453 e. The highest BCUT2D eigenvalue weighted by Crippen LogP contribution is 2.35. The van der Waals surface area contributed by atoms with Gasteiger partial charge in [0.15, 0.2) is 16.3 Å². The molecule has 0 aliphatic carbocycles. The van der Waals surface area contributed by atoms with Gasteiger partial charge in [-0.3, -0.25) is 9.78 Å². The SMILES string of the molecule is N#Cc1cc(Cl)cc(Oc2c(Br)ccc(Cn3cc(CO)c(=O)[nH]c3=S)c2F)c1. The molecule has 6 nitrogen and oxygen atoms in total. The molecular formula is C19H12BrClFN3O3S. The van der Waals surface area contributed by atoms with Crippen molar-refractivity contribution in [3.8, 4) is 17.6 Å². The van der Waals surface area contributed by atoms with Crippen LogP contribution in [0.25, 0.3) is 0 Å². The van der Waals surface area contributed by atoms with E-state index in [2.05, 4.69) is 20.9 Å². The molecule has 29 heavy (non-hydrogen) atoms. The van der Waals surface area contributed by atoms with Crippen LogP contribution in [0.3, 0.4) is 0 Å². The molecule has 0 unspecified atom stereocenters. The summed E-state index contributed by atoms with van der Waals surface area (Å²) in [6.07, 6.45) is 1.37. The summed E-state index contributed by atoms with van der Waals surface area (Å²) in [5, 5.41) is 18.6. The molecule has 3 rings (SSSR count). The van der Waals surface area contributed by atoms with E-state index < -0.39 is 18.0 Å². The molecule has 0 atom stereocenters. The Labute approximate surface area is 182 Å². The fourth-order valence-electron chi connectivity index (χ4n) is 2.56. The van der Waals surface area contributed by atoms with Crippen molar-refractivity contribution in [2.75, 3.05) is 0 Å². The lowest BCUT2D eigenvalue weighted by molar-refractivity contribution is 0.278. The lowest BCUT2D eigenvalue weighted by Gasteiger charge is -2.14. The standard InChI is InChI=1S/C19H12BrClFN3O3S/c20-15-2-1-11(7-25-8-12(9-26)18(27)24-19(25)29)16(22)17(15)28-14-4-10(6-23)3-13(21)5-14/h1-5,8,26H,7,9H2,(H,24,27,29). The first kappa shape index (κ1) is 21.2. The minimum atomic E-state index is -0.656. The zero-order valence-corrected chi connectivity index (χ0v) is 17.7. The molecule has 0 radical (unpaired) electrons. The molecule has 148 valence electrons. The van der Waals surface area contributed by atoms with Gasteiger partial charge in [-0.1, -0.05) is 17.7 Å². The number of halogens is 3. The number of hydrogen-bond acceptors (Lipinski definition) is 5. The second-order valence-electron chi connectivity index (χ2n) is 5.94. The highest BCUT2D eigenvalue weighted by molar-refractivity contribution is 9.10.